The lowest BCUT2D eigenvalue weighted by Crippen LogP contribution is -2.25. The van der Waals surface area contributed by atoms with Gasteiger partial charge in [0.05, 0.1) is 48.4 Å². The van der Waals surface area contributed by atoms with Crippen LogP contribution in [0.5, 0.6) is 28.7 Å². The van der Waals surface area contributed by atoms with Crippen molar-refractivity contribution in [1.29, 1.82) is 0 Å². The molecule has 0 N–H and O–H groups in total. The molecule has 0 unspecified atom stereocenters. The maximum Gasteiger partial charge on any atom is 0.344 e. The van der Waals surface area contributed by atoms with E-state index < -0.39 is 5.97 Å². The molecule has 0 spiro atoms. The highest BCUT2D eigenvalue weighted by atomic mass is 16.5. The molecule has 0 aliphatic heterocycles. The van der Waals surface area contributed by atoms with E-state index in [0.717, 1.165) is 11.1 Å². The fourth-order valence-corrected chi connectivity index (χ4v) is 4.31. The van der Waals surface area contributed by atoms with Crippen LogP contribution >= 0.6 is 0 Å². The van der Waals surface area contributed by atoms with Crippen molar-refractivity contribution in [2.75, 3.05) is 47.1 Å². The molecule has 0 fully saturated rings. The van der Waals surface area contributed by atoms with Gasteiger partial charge >= 0.3 is 5.97 Å². The first-order valence-electron chi connectivity index (χ1n) is 12.2. The van der Waals surface area contributed by atoms with E-state index in [4.69, 9.17) is 33.5 Å². The first-order chi connectivity index (χ1) is 19.0. The number of fused-ring (bicyclic) bond motifs is 1. The van der Waals surface area contributed by atoms with Crippen LogP contribution in [0.1, 0.15) is 28.4 Å². The Morgan fingerprint density at radius 2 is 1.38 bits per heavy atom. The number of carbonyl (C=O) groups excluding carboxylic acids is 1. The predicted molar refractivity (Wildman–Crippen MR) is 144 cm³/mol. The molecule has 0 aliphatic rings. The average Bonchev–Trinajstić information content (AvgIpc) is 3.37. The summed E-state index contributed by atoms with van der Waals surface area (Å²) >= 11 is 0. The lowest BCUT2D eigenvalue weighted by molar-refractivity contribution is 0.0529. The standard InChI is InChI=1S/C28H32N4O7/c1-7-39-28(33)25-26-24(38-6)14-29-17-32(26)30-27(25)31(15-18-8-10-20(34-2)12-22(18)36-4)16-19-9-11-21(35-3)13-23(19)37-5/h8-14,17H,7,15-16H2,1-6H3. The van der Waals surface area contributed by atoms with Gasteiger partial charge in [-0.2, -0.15) is 0 Å². The molecule has 0 amide bonds. The van der Waals surface area contributed by atoms with Crippen LogP contribution in [0.2, 0.25) is 0 Å². The molecule has 4 aromatic rings. The van der Waals surface area contributed by atoms with Gasteiger partial charge in [0.25, 0.3) is 0 Å². The van der Waals surface area contributed by atoms with Crippen LogP contribution in [-0.2, 0) is 17.8 Å². The van der Waals surface area contributed by atoms with Gasteiger partial charge in [-0.25, -0.2) is 14.3 Å². The van der Waals surface area contributed by atoms with E-state index >= 15 is 0 Å². The Hall–Kier alpha value is -4.67. The number of hydrogen-bond donors (Lipinski definition) is 0. The number of esters is 1. The summed E-state index contributed by atoms with van der Waals surface area (Å²) in [6.45, 7) is 2.61. The second-order valence-corrected chi connectivity index (χ2v) is 8.39. The van der Waals surface area contributed by atoms with Gasteiger partial charge in [0, 0.05) is 36.3 Å². The Kier molecular flexibility index (Phi) is 8.60. The zero-order chi connectivity index (χ0) is 27.9. The maximum atomic E-state index is 13.4. The number of methoxy groups -OCH3 is 5. The summed E-state index contributed by atoms with van der Waals surface area (Å²) in [4.78, 5) is 19.5. The van der Waals surface area contributed by atoms with Crippen molar-refractivity contribution >= 4 is 17.3 Å². The zero-order valence-corrected chi connectivity index (χ0v) is 22.9. The van der Waals surface area contributed by atoms with Crippen molar-refractivity contribution in [3.63, 3.8) is 0 Å². The highest BCUT2D eigenvalue weighted by molar-refractivity contribution is 6.04. The average molecular weight is 537 g/mol. The molecule has 0 bridgehead atoms. The third-order valence-corrected chi connectivity index (χ3v) is 6.20. The highest BCUT2D eigenvalue weighted by Gasteiger charge is 2.29. The maximum absolute atomic E-state index is 13.4. The Morgan fingerprint density at radius 1 is 0.821 bits per heavy atom. The van der Waals surface area contributed by atoms with Crippen LogP contribution in [0, 0.1) is 0 Å². The quantitative estimate of drug-likeness (QED) is 0.245. The molecule has 206 valence electrons. The van der Waals surface area contributed by atoms with Gasteiger partial charge in [-0.15, -0.1) is 5.10 Å². The van der Waals surface area contributed by atoms with Crippen LogP contribution in [0.3, 0.4) is 0 Å². The number of carbonyl (C=O) groups is 1. The lowest BCUT2D eigenvalue weighted by Gasteiger charge is -2.25. The van der Waals surface area contributed by atoms with Gasteiger partial charge in [0.2, 0.25) is 0 Å². The number of ether oxygens (including phenoxy) is 6. The molecule has 0 saturated heterocycles. The van der Waals surface area contributed by atoms with Gasteiger partial charge in [0.15, 0.2) is 11.6 Å². The van der Waals surface area contributed by atoms with E-state index in [1.807, 2.05) is 41.3 Å². The van der Waals surface area contributed by atoms with Crippen molar-refractivity contribution in [2.45, 2.75) is 20.0 Å². The largest absolute Gasteiger partial charge is 0.497 e. The predicted octanol–water partition coefficient (Wildman–Crippen LogP) is 4.16. The van der Waals surface area contributed by atoms with Crippen molar-refractivity contribution in [1.82, 2.24) is 14.6 Å². The third-order valence-electron chi connectivity index (χ3n) is 6.20. The van der Waals surface area contributed by atoms with Gasteiger partial charge in [0.1, 0.15) is 40.4 Å². The minimum Gasteiger partial charge on any atom is -0.497 e. The summed E-state index contributed by atoms with van der Waals surface area (Å²) in [5, 5.41) is 4.76. The molecule has 0 radical (unpaired) electrons. The molecule has 11 heteroatoms. The van der Waals surface area contributed by atoms with Crippen molar-refractivity contribution < 1.29 is 33.2 Å². The van der Waals surface area contributed by atoms with Gasteiger partial charge in [-0.1, -0.05) is 0 Å². The van der Waals surface area contributed by atoms with Crippen molar-refractivity contribution in [2.24, 2.45) is 0 Å². The fourth-order valence-electron chi connectivity index (χ4n) is 4.31. The van der Waals surface area contributed by atoms with Crippen molar-refractivity contribution in [3.05, 3.63) is 65.6 Å². The van der Waals surface area contributed by atoms with Gasteiger partial charge < -0.3 is 33.3 Å². The highest BCUT2D eigenvalue weighted by Crippen LogP contribution is 2.35. The molecule has 11 nitrogen and oxygen atoms in total. The molecule has 0 saturated carbocycles. The summed E-state index contributed by atoms with van der Waals surface area (Å²) in [6, 6.07) is 11.2. The lowest BCUT2D eigenvalue weighted by atomic mass is 10.1. The van der Waals surface area contributed by atoms with Crippen molar-refractivity contribution in [3.8, 4) is 28.7 Å². The van der Waals surface area contributed by atoms with Crippen LogP contribution in [0.25, 0.3) is 5.52 Å². The second-order valence-electron chi connectivity index (χ2n) is 8.39. The number of anilines is 1. The number of rotatable bonds is 12. The van der Waals surface area contributed by atoms with E-state index in [0.29, 0.717) is 53.2 Å². The van der Waals surface area contributed by atoms with E-state index in [-0.39, 0.29) is 12.2 Å². The summed E-state index contributed by atoms with van der Waals surface area (Å²) in [7, 11) is 7.91. The van der Waals surface area contributed by atoms with Gasteiger partial charge in [-0.3, -0.25) is 0 Å². The third kappa shape index (κ3) is 5.62. The molecule has 2 aromatic carbocycles. The Balaban J connectivity index is 1.92. The first kappa shape index (κ1) is 27.4. The first-order valence-corrected chi connectivity index (χ1v) is 12.2. The van der Waals surface area contributed by atoms with E-state index in [1.165, 1.54) is 24.1 Å². The molecule has 4 rings (SSSR count). The summed E-state index contributed by atoms with van der Waals surface area (Å²) < 4.78 is 34.6. The molecular weight excluding hydrogens is 504 g/mol. The van der Waals surface area contributed by atoms with E-state index in [1.54, 1.807) is 35.4 Å². The fraction of sp³-hybridized carbons (Fsp3) is 0.321. The van der Waals surface area contributed by atoms with E-state index in [2.05, 4.69) is 4.98 Å². The number of aromatic nitrogens is 3. The van der Waals surface area contributed by atoms with Crippen LogP contribution < -0.4 is 28.6 Å². The number of hydrogen-bond acceptors (Lipinski definition) is 10. The summed E-state index contributed by atoms with van der Waals surface area (Å²) in [5.41, 5.74) is 2.41. The number of benzene rings is 2. The number of nitrogens with zero attached hydrogens (tertiary/aromatic N) is 4. The van der Waals surface area contributed by atoms with Crippen LogP contribution in [-0.4, -0.2) is 62.7 Å². The molecule has 2 aromatic heterocycles. The Bertz CT molecular complexity index is 1400. The normalized spacial score (nSPS) is 10.7. The zero-order valence-electron chi connectivity index (χ0n) is 22.9. The second kappa shape index (κ2) is 12.2. The molecule has 2 heterocycles. The van der Waals surface area contributed by atoms with E-state index in [9.17, 15) is 4.79 Å². The SMILES string of the molecule is CCOC(=O)c1c(N(Cc2ccc(OC)cc2OC)Cc2ccc(OC)cc2OC)nn2cncc(OC)c12. The van der Waals surface area contributed by atoms with Crippen LogP contribution in [0.15, 0.2) is 48.9 Å². The minimum absolute atomic E-state index is 0.196. The Labute approximate surface area is 226 Å². The molecule has 0 atom stereocenters. The minimum atomic E-state index is -0.527. The molecule has 39 heavy (non-hydrogen) atoms. The molecular formula is C28H32N4O7. The van der Waals surface area contributed by atoms with Gasteiger partial charge in [-0.05, 0) is 31.2 Å². The smallest absolute Gasteiger partial charge is 0.344 e. The van der Waals surface area contributed by atoms with Crippen LogP contribution in [0.4, 0.5) is 5.82 Å². The molecule has 0 aliphatic carbocycles. The topological polar surface area (TPSA) is 106 Å². The summed E-state index contributed by atoms with van der Waals surface area (Å²) in [6.07, 6.45) is 3.05. The monoisotopic (exact) mass is 536 g/mol. The summed E-state index contributed by atoms with van der Waals surface area (Å²) in [5.74, 6) is 2.83. The Morgan fingerprint density at radius 3 is 1.87 bits per heavy atom.